The van der Waals surface area contributed by atoms with E-state index < -0.39 is 0 Å². The Labute approximate surface area is 104 Å². The van der Waals surface area contributed by atoms with Crippen LogP contribution in [0.3, 0.4) is 0 Å². The number of hydrazone groups is 1. The van der Waals surface area contributed by atoms with E-state index in [4.69, 9.17) is 4.74 Å². The lowest BCUT2D eigenvalue weighted by Crippen LogP contribution is -2.31. The molecule has 5 heteroatoms. The maximum Gasteiger partial charge on any atom is 0.143 e. The fourth-order valence-corrected chi connectivity index (χ4v) is 2.01. The summed E-state index contributed by atoms with van der Waals surface area (Å²) in [5, 5.41) is 5.72. The number of rotatable bonds is 6. The predicted molar refractivity (Wildman–Crippen MR) is 67.8 cm³/mol. The number of halogens is 1. The normalized spacial score (nSPS) is 21.5. The van der Waals surface area contributed by atoms with E-state index in [9.17, 15) is 4.79 Å². The second-order valence-electron chi connectivity index (χ2n) is 3.85. The van der Waals surface area contributed by atoms with Gasteiger partial charge in [0.05, 0.1) is 17.5 Å². The van der Waals surface area contributed by atoms with E-state index in [2.05, 4.69) is 34.3 Å². The van der Waals surface area contributed by atoms with Crippen molar-refractivity contribution in [2.75, 3.05) is 13.2 Å². The van der Waals surface area contributed by atoms with E-state index >= 15 is 0 Å². The first-order valence-corrected chi connectivity index (χ1v) is 6.13. The average molecular weight is 289 g/mol. The predicted octanol–water partition coefficient (Wildman–Crippen LogP) is 1.95. The smallest absolute Gasteiger partial charge is 0.143 e. The first-order chi connectivity index (χ1) is 7.56. The molecule has 0 aromatic rings. The van der Waals surface area contributed by atoms with Crippen LogP contribution in [0, 0.1) is 0 Å². The molecule has 0 N–H and O–H groups in total. The average Bonchev–Trinajstić information content (AvgIpc) is 2.72. The van der Waals surface area contributed by atoms with Gasteiger partial charge in [-0.25, -0.2) is 0 Å². The molecule has 4 nitrogen and oxygen atoms in total. The maximum absolute atomic E-state index is 11.1. The molecule has 2 unspecified atom stereocenters. The van der Waals surface area contributed by atoms with Crippen LogP contribution < -0.4 is 0 Å². The summed E-state index contributed by atoms with van der Waals surface area (Å²) in [7, 11) is 0. The Bertz CT molecular complexity index is 288. The third-order valence-electron chi connectivity index (χ3n) is 2.58. The summed E-state index contributed by atoms with van der Waals surface area (Å²) in [5.41, 5.74) is 0.794. The molecule has 0 bridgehead atoms. The number of nitrogens with zero attached hydrogens (tertiary/aromatic N) is 2. The number of hydrogen-bond acceptors (Lipinski definition) is 4. The highest BCUT2D eigenvalue weighted by Crippen LogP contribution is 2.22. The van der Waals surface area contributed by atoms with E-state index in [0.717, 1.165) is 18.7 Å². The number of ether oxygens (including phenoxy) is 1. The quantitative estimate of drug-likeness (QED) is 0.426. The molecule has 1 fully saturated rings. The third kappa shape index (κ3) is 3.42. The number of carbonyl (C=O) groups is 1. The van der Waals surface area contributed by atoms with E-state index in [-0.39, 0.29) is 16.7 Å². The SMILES string of the molecule is C=NN(C(=C)CC(Br)C(C)=O)C1CCOC1. The minimum atomic E-state index is -0.202. The Morgan fingerprint density at radius 1 is 1.75 bits per heavy atom. The molecular formula is C11H17BrN2O2. The summed E-state index contributed by atoms with van der Waals surface area (Å²) in [6, 6.07) is 0.205. The van der Waals surface area contributed by atoms with Crippen LogP contribution >= 0.6 is 15.9 Å². The van der Waals surface area contributed by atoms with Gasteiger partial charge in [-0.1, -0.05) is 22.5 Å². The van der Waals surface area contributed by atoms with Gasteiger partial charge in [-0.2, -0.15) is 5.10 Å². The van der Waals surface area contributed by atoms with Crippen molar-refractivity contribution in [1.29, 1.82) is 0 Å². The molecule has 1 rings (SSSR count). The van der Waals surface area contributed by atoms with Crippen molar-refractivity contribution in [2.45, 2.75) is 30.6 Å². The molecule has 1 heterocycles. The van der Waals surface area contributed by atoms with Gasteiger partial charge in [0, 0.05) is 25.4 Å². The van der Waals surface area contributed by atoms with Gasteiger partial charge in [0.25, 0.3) is 0 Å². The number of hydrogen-bond donors (Lipinski definition) is 0. The van der Waals surface area contributed by atoms with Gasteiger partial charge in [-0.3, -0.25) is 9.80 Å². The Morgan fingerprint density at radius 2 is 2.44 bits per heavy atom. The molecule has 0 spiro atoms. The van der Waals surface area contributed by atoms with Crippen molar-refractivity contribution in [3.05, 3.63) is 12.3 Å². The molecule has 16 heavy (non-hydrogen) atoms. The second-order valence-corrected chi connectivity index (χ2v) is 4.96. The zero-order chi connectivity index (χ0) is 12.1. The summed E-state index contributed by atoms with van der Waals surface area (Å²) >= 11 is 3.32. The Balaban J connectivity index is 2.55. The summed E-state index contributed by atoms with van der Waals surface area (Å²) in [4.78, 5) is 10.9. The van der Waals surface area contributed by atoms with Crippen molar-refractivity contribution in [2.24, 2.45) is 5.10 Å². The highest BCUT2D eigenvalue weighted by molar-refractivity contribution is 9.10. The lowest BCUT2D eigenvalue weighted by atomic mass is 10.1. The van der Waals surface area contributed by atoms with Gasteiger partial charge in [-0.15, -0.1) is 0 Å². The Kier molecular flexibility index (Phi) is 5.15. The van der Waals surface area contributed by atoms with E-state index in [0.29, 0.717) is 13.0 Å². The zero-order valence-corrected chi connectivity index (χ0v) is 11.1. The molecule has 1 aliphatic rings. The first kappa shape index (κ1) is 13.4. The molecule has 2 atom stereocenters. The topological polar surface area (TPSA) is 41.9 Å². The van der Waals surface area contributed by atoms with Gasteiger partial charge < -0.3 is 4.74 Å². The Hall–Kier alpha value is -0.680. The van der Waals surface area contributed by atoms with Crippen molar-refractivity contribution in [3.8, 4) is 0 Å². The number of alkyl halides is 1. The summed E-state index contributed by atoms with van der Waals surface area (Å²) in [5.74, 6) is 0.0906. The third-order valence-corrected chi connectivity index (χ3v) is 3.55. The van der Waals surface area contributed by atoms with E-state index in [1.165, 1.54) is 0 Å². The minimum absolute atomic E-state index is 0.0906. The number of ketones is 1. The maximum atomic E-state index is 11.1. The lowest BCUT2D eigenvalue weighted by molar-refractivity contribution is -0.116. The Morgan fingerprint density at radius 3 is 2.88 bits per heavy atom. The van der Waals surface area contributed by atoms with Crippen LogP contribution in [0.4, 0.5) is 0 Å². The summed E-state index contributed by atoms with van der Waals surface area (Å²) < 4.78 is 5.29. The van der Waals surface area contributed by atoms with Crippen molar-refractivity contribution in [1.82, 2.24) is 5.01 Å². The van der Waals surface area contributed by atoms with Gasteiger partial charge in [0.15, 0.2) is 0 Å². The number of carbonyl (C=O) groups excluding carboxylic acids is 1. The first-order valence-electron chi connectivity index (χ1n) is 5.22. The standard InChI is InChI=1S/C11H17BrN2O2/c1-8(6-11(12)9(2)15)14(13-3)10-4-5-16-7-10/h10-11H,1,3-7H2,2H3. The molecule has 0 aromatic heterocycles. The fourth-order valence-electron chi connectivity index (χ4n) is 1.63. The second kappa shape index (κ2) is 6.15. The molecule has 90 valence electrons. The molecule has 0 saturated carbocycles. The molecule has 0 aromatic carbocycles. The fraction of sp³-hybridized carbons (Fsp3) is 0.636. The van der Waals surface area contributed by atoms with E-state index in [1.807, 2.05) is 0 Å². The number of Topliss-reactive ketones (excluding diaryl/α,β-unsaturated/α-hetero) is 1. The van der Waals surface area contributed by atoms with Crippen molar-refractivity contribution in [3.63, 3.8) is 0 Å². The minimum Gasteiger partial charge on any atom is -0.379 e. The highest BCUT2D eigenvalue weighted by Gasteiger charge is 2.25. The molecular weight excluding hydrogens is 272 g/mol. The molecule has 0 aliphatic carbocycles. The van der Waals surface area contributed by atoms with Crippen LogP contribution in [0.15, 0.2) is 17.4 Å². The van der Waals surface area contributed by atoms with Gasteiger partial charge in [-0.05, 0) is 13.3 Å². The van der Waals surface area contributed by atoms with Crippen molar-refractivity contribution >= 4 is 28.4 Å². The van der Waals surface area contributed by atoms with Crippen LogP contribution in [-0.2, 0) is 9.53 Å². The highest BCUT2D eigenvalue weighted by atomic mass is 79.9. The summed E-state index contributed by atoms with van der Waals surface area (Å²) in [6.45, 7) is 10.4. The lowest BCUT2D eigenvalue weighted by Gasteiger charge is -2.27. The van der Waals surface area contributed by atoms with Crippen molar-refractivity contribution < 1.29 is 9.53 Å². The molecule has 1 aliphatic heterocycles. The number of allylic oxidation sites excluding steroid dienone is 1. The molecule has 0 amide bonds. The van der Waals surface area contributed by atoms with Crippen LogP contribution in [0.5, 0.6) is 0 Å². The van der Waals surface area contributed by atoms with Crippen LogP contribution in [0.25, 0.3) is 0 Å². The van der Waals surface area contributed by atoms with Crippen LogP contribution in [0.2, 0.25) is 0 Å². The zero-order valence-electron chi connectivity index (χ0n) is 9.49. The molecule has 0 radical (unpaired) electrons. The van der Waals surface area contributed by atoms with Crippen LogP contribution in [-0.4, -0.2) is 41.6 Å². The van der Waals surface area contributed by atoms with Gasteiger partial charge in [0.2, 0.25) is 0 Å². The van der Waals surface area contributed by atoms with Gasteiger partial charge >= 0.3 is 0 Å². The van der Waals surface area contributed by atoms with Crippen LogP contribution in [0.1, 0.15) is 19.8 Å². The van der Waals surface area contributed by atoms with Gasteiger partial charge in [0.1, 0.15) is 5.78 Å². The molecule has 1 saturated heterocycles. The summed E-state index contributed by atoms with van der Waals surface area (Å²) in [6.07, 6.45) is 1.47. The monoisotopic (exact) mass is 288 g/mol. The van der Waals surface area contributed by atoms with E-state index in [1.54, 1.807) is 11.9 Å². The largest absolute Gasteiger partial charge is 0.379 e.